The van der Waals surface area contributed by atoms with Crippen LogP contribution in [-0.2, 0) is 11.8 Å². The lowest BCUT2D eigenvalue weighted by molar-refractivity contribution is -0.133. The molecule has 2 aliphatic rings. The molecule has 0 unspecified atom stereocenters. The Balaban J connectivity index is 1.44. The number of hydrogen-bond acceptors (Lipinski definition) is 3. The molecular formula is C27H40N4O2. The van der Waals surface area contributed by atoms with E-state index in [2.05, 4.69) is 42.9 Å². The van der Waals surface area contributed by atoms with Crippen molar-refractivity contribution in [1.82, 2.24) is 19.7 Å². The van der Waals surface area contributed by atoms with E-state index in [4.69, 9.17) is 0 Å². The molecule has 0 radical (unpaired) electrons. The van der Waals surface area contributed by atoms with Crippen molar-refractivity contribution in [3.05, 3.63) is 36.0 Å². The zero-order valence-electron chi connectivity index (χ0n) is 20.9. The number of amides is 2. The molecule has 0 bridgehead atoms. The zero-order chi connectivity index (χ0) is 23.7. The number of carbonyl (C=O) groups is 2. The van der Waals surface area contributed by atoms with E-state index in [1.165, 1.54) is 0 Å². The van der Waals surface area contributed by atoms with Crippen LogP contribution in [-0.4, -0.2) is 63.9 Å². The number of aryl methyl sites for hydroxylation is 1. The molecule has 2 fully saturated rings. The van der Waals surface area contributed by atoms with Crippen molar-refractivity contribution in [2.75, 3.05) is 13.6 Å². The second kappa shape index (κ2) is 9.88. The summed E-state index contributed by atoms with van der Waals surface area (Å²) in [5.74, 6) is 0.483. The fourth-order valence-electron chi connectivity index (χ4n) is 6.03. The zero-order valence-corrected chi connectivity index (χ0v) is 20.9. The number of hydrogen-bond donors (Lipinski definition) is 1. The van der Waals surface area contributed by atoms with Gasteiger partial charge < -0.3 is 19.7 Å². The molecule has 4 rings (SSSR count). The highest BCUT2D eigenvalue weighted by Gasteiger charge is 2.42. The third kappa shape index (κ3) is 4.68. The van der Waals surface area contributed by atoms with Crippen molar-refractivity contribution < 1.29 is 9.59 Å². The topological polar surface area (TPSA) is 57.6 Å². The summed E-state index contributed by atoms with van der Waals surface area (Å²) in [5, 5.41) is 3.98. The second-order valence-corrected chi connectivity index (χ2v) is 10.4. The molecule has 1 aliphatic carbocycles. The third-order valence-corrected chi connectivity index (χ3v) is 8.05. The number of benzene rings is 1. The van der Waals surface area contributed by atoms with Crippen LogP contribution in [0.3, 0.4) is 0 Å². The Morgan fingerprint density at radius 3 is 2.70 bits per heavy atom. The summed E-state index contributed by atoms with van der Waals surface area (Å²) >= 11 is 0. The number of likely N-dealkylation sites (tertiary alicyclic amines) is 1. The van der Waals surface area contributed by atoms with E-state index in [0.29, 0.717) is 36.0 Å². The highest BCUT2D eigenvalue weighted by molar-refractivity contribution is 6.08. The maximum atomic E-state index is 13.4. The standard InChI is InChI=1S/C27H40N4O2/c1-6-9-19-16-20(30(5)18(2)3)12-13-24(19)31-15-14-23(27(31)33)28-26(32)22-17-29(4)25-11-8-7-10-21(22)25/h7-8,10-11,17-20,23-24H,6,9,12-16H2,1-5H3,(H,28,32)/t19-,20+,23-,24-/m0/s1. The molecule has 1 aromatic heterocycles. The molecule has 1 aromatic carbocycles. The highest BCUT2D eigenvalue weighted by atomic mass is 16.2. The number of fused-ring (bicyclic) bond motifs is 1. The summed E-state index contributed by atoms with van der Waals surface area (Å²) in [6.45, 7) is 7.50. The van der Waals surface area contributed by atoms with Crippen LogP contribution < -0.4 is 5.32 Å². The van der Waals surface area contributed by atoms with Crippen LogP contribution in [0, 0.1) is 5.92 Å². The summed E-state index contributed by atoms with van der Waals surface area (Å²) in [6, 6.07) is 8.91. The smallest absolute Gasteiger partial charge is 0.254 e. The minimum absolute atomic E-state index is 0.102. The van der Waals surface area contributed by atoms with Gasteiger partial charge in [0.2, 0.25) is 5.91 Å². The van der Waals surface area contributed by atoms with E-state index >= 15 is 0 Å². The van der Waals surface area contributed by atoms with Gasteiger partial charge in [-0.1, -0.05) is 31.5 Å². The molecule has 4 atom stereocenters. The Kier molecular flexibility index (Phi) is 7.13. The van der Waals surface area contributed by atoms with Crippen LogP contribution in [0.5, 0.6) is 0 Å². The number of rotatable bonds is 7. The lowest BCUT2D eigenvalue weighted by atomic mass is 9.77. The monoisotopic (exact) mass is 452 g/mol. The lowest BCUT2D eigenvalue weighted by Gasteiger charge is -2.44. The van der Waals surface area contributed by atoms with Gasteiger partial charge in [0.1, 0.15) is 6.04 Å². The van der Waals surface area contributed by atoms with Gasteiger partial charge in [0.15, 0.2) is 0 Å². The van der Waals surface area contributed by atoms with Gasteiger partial charge in [-0.3, -0.25) is 9.59 Å². The van der Waals surface area contributed by atoms with Crippen LogP contribution in [0.15, 0.2) is 30.5 Å². The van der Waals surface area contributed by atoms with Crippen LogP contribution >= 0.6 is 0 Å². The predicted octanol–water partition coefficient (Wildman–Crippen LogP) is 4.19. The average molecular weight is 453 g/mol. The highest BCUT2D eigenvalue weighted by Crippen LogP contribution is 2.36. The molecule has 2 aromatic rings. The summed E-state index contributed by atoms with van der Waals surface area (Å²) in [6.07, 6.45) is 8.20. The van der Waals surface area contributed by atoms with Crippen molar-refractivity contribution in [2.24, 2.45) is 13.0 Å². The van der Waals surface area contributed by atoms with E-state index in [0.717, 1.165) is 49.6 Å². The van der Waals surface area contributed by atoms with E-state index in [1.54, 1.807) is 0 Å². The first kappa shape index (κ1) is 23.8. The average Bonchev–Trinajstić information content (AvgIpc) is 3.33. The maximum Gasteiger partial charge on any atom is 0.254 e. The van der Waals surface area contributed by atoms with Crippen molar-refractivity contribution >= 4 is 22.7 Å². The maximum absolute atomic E-state index is 13.4. The molecule has 1 saturated carbocycles. The summed E-state index contributed by atoms with van der Waals surface area (Å²) in [5.41, 5.74) is 1.66. The first-order valence-electron chi connectivity index (χ1n) is 12.7. The van der Waals surface area contributed by atoms with E-state index in [9.17, 15) is 9.59 Å². The Morgan fingerprint density at radius 2 is 1.97 bits per heavy atom. The Hall–Kier alpha value is -2.34. The SMILES string of the molecule is CCC[C@H]1C[C@H](N(C)C(C)C)CC[C@@H]1N1CC[C@H](NC(=O)c2cn(C)c3ccccc23)C1=O. The van der Waals surface area contributed by atoms with E-state index in [1.807, 2.05) is 42.1 Å². The first-order chi connectivity index (χ1) is 15.8. The quantitative estimate of drug-likeness (QED) is 0.685. The second-order valence-electron chi connectivity index (χ2n) is 10.4. The van der Waals surface area contributed by atoms with Gasteiger partial charge >= 0.3 is 0 Å². The molecule has 180 valence electrons. The number of aromatic nitrogens is 1. The van der Waals surface area contributed by atoms with Crippen LogP contribution in [0.25, 0.3) is 10.9 Å². The van der Waals surface area contributed by atoms with E-state index < -0.39 is 6.04 Å². The molecular weight excluding hydrogens is 412 g/mol. The fraction of sp³-hybridized carbons (Fsp3) is 0.630. The minimum atomic E-state index is -0.421. The number of nitrogens with zero attached hydrogens (tertiary/aromatic N) is 3. The molecule has 1 aliphatic heterocycles. The van der Waals surface area contributed by atoms with E-state index in [-0.39, 0.29) is 11.8 Å². The Bertz CT molecular complexity index is 997. The molecule has 6 nitrogen and oxygen atoms in total. The van der Waals surface area contributed by atoms with Gasteiger partial charge in [-0.05, 0) is 65.0 Å². The van der Waals surface area contributed by atoms with Gasteiger partial charge in [-0.2, -0.15) is 0 Å². The lowest BCUT2D eigenvalue weighted by Crippen LogP contribution is -2.51. The van der Waals surface area contributed by atoms with Gasteiger partial charge in [-0.15, -0.1) is 0 Å². The molecule has 1 saturated heterocycles. The molecule has 6 heteroatoms. The van der Waals surface area contributed by atoms with Crippen molar-refractivity contribution in [2.45, 2.75) is 83.5 Å². The molecule has 2 heterocycles. The van der Waals surface area contributed by atoms with Gasteiger partial charge in [0, 0.05) is 48.8 Å². The number of para-hydroxylation sites is 1. The molecule has 0 spiro atoms. The van der Waals surface area contributed by atoms with Crippen molar-refractivity contribution in [3.63, 3.8) is 0 Å². The van der Waals surface area contributed by atoms with Crippen LogP contribution in [0.2, 0.25) is 0 Å². The van der Waals surface area contributed by atoms with Crippen LogP contribution in [0.4, 0.5) is 0 Å². The number of nitrogens with one attached hydrogen (secondary N) is 1. The largest absolute Gasteiger partial charge is 0.350 e. The first-order valence-corrected chi connectivity index (χ1v) is 12.7. The molecule has 2 amide bonds. The number of carbonyl (C=O) groups excluding carboxylic acids is 2. The third-order valence-electron chi connectivity index (χ3n) is 8.05. The Labute approximate surface area is 198 Å². The summed E-state index contributed by atoms with van der Waals surface area (Å²) in [7, 11) is 4.18. The fourth-order valence-corrected chi connectivity index (χ4v) is 6.03. The van der Waals surface area contributed by atoms with Crippen molar-refractivity contribution in [3.8, 4) is 0 Å². The minimum Gasteiger partial charge on any atom is -0.350 e. The molecule has 1 N–H and O–H groups in total. The summed E-state index contributed by atoms with van der Waals surface area (Å²) in [4.78, 5) is 31.1. The normalized spacial score (nSPS) is 26.0. The van der Waals surface area contributed by atoms with Crippen LogP contribution in [0.1, 0.15) is 69.7 Å². The van der Waals surface area contributed by atoms with Gasteiger partial charge in [-0.25, -0.2) is 0 Å². The van der Waals surface area contributed by atoms with Gasteiger partial charge in [0.05, 0.1) is 5.56 Å². The molecule has 33 heavy (non-hydrogen) atoms. The predicted molar refractivity (Wildman–Crippen MR) is 133 cm³/mol. The van der Waals surface area contributed by atoms with Crippen molar-refractivity contribution in [1.29, 1.82) is 0 Å². The van der Waals surface area contributed by atoms with Gasteiger partial charge in [0.25, 0.3) is 5.91 Å². The Morgan fingerprint density at radius 1 is 1.21 bits per heavy atom. The summed E-state index contributed by atoms with van der Waals surface area (Å²) < 4.78 is 1.97.